The van der Waals surface area contributed by atoms with Crippen LogP contribution >= 0.6 is 27.5 Å². The molecule has 0 aromatic heterocycles. The molecule has 0 saturated carbocycles. The van der Waals surface area contributed by atoms with Crippen molar-refractivity contribution in [2.24, 2.45) is 0 Å². The molecule has 106 valence electrons. The van der Waals surface area contributed by atoms with E-state index in [4.69, 9.17) is 11.6 Å². The SMILES string of the molecule is CC(F)(CC1CCCCN1)c1ccc(Br)c(Cl)c1F. The Morgan fingerprint density at radius 3 is 2.84 bits per heavy atom. The topological polar surface area (TPSA) is 12.0 Å². The van der Waals surface area contributed by atoms with Gasteiger partial charge >= 0.3 is 0 Å². The summed E-state index contributed by atoms with van der Waals surface area (Å²) in [6.45, 7) is 2.33. The smallest absolute Gasteiger partial charge is 0.149 e. The highest BCUT2D eigenvalue weighted by atomic mass is 79.9. The van der Waals surface area contributed by atoms with Crippen molar-refractivity contribution in [2.75, 3.05) is 6.54 Å². The lowest BCUT2D eigenvalue weighted by Gasteiger charge is -2.30. The van der Waals surface area contributed by atoms with E-state index in [1.165, 1.54) is 13.0 Å². The van der Waals surface area contributed by atoms with Gasteiger partial charge in [-0.05, 0) is 48.3 Å². The molecule has 1 aromatic carbocycles. The third kappa shape index (κ3) is 3.47. The van der Waals surface area contributed by atoms with E-state index in [2.05, 4.69) is 21.2 Å². The van der Waals surface area contributed by atoms with E-state index in [0.29, 0.717) is 4.47 Å². The minimum absolute atomic E-state index is 0.0353. The summed E-state index contributed by atoms with van der Waals surface area (Å²) >= 11 is 8.97. The first-order valence-corrected chi connectivity index (χ1v) is 7.65. The summed E-state index contributed by atoms with van der Waals surface area (Å²) in [5.41, 5.74) is -1.68. The molecule has 0 bridgehead atoms. The number of hydrogen-bond acceptors (Lipinski definition) is 1. The van der Waals surface area contributed by atoms with Gasteiger partial charge in [0.25, 0.3) is 0 Å². The van der Waals surface area contributed by atoms with Gasteiger partial charge in [-0.1, -0.05) is 24.1 Å². The Labute approximate surface area is 125 Å². The lowest BCUT2D eigenvalue weighted by Crippen LogP contribution is -2.38. The van der Waals surface area contributed by atoms with Gasteiger partial charge in [0.2, 0.25) is 0 Å². The molecule has 1 saturated heterocycles. The van der Waals surface area contributed by atoms with E-state index in [-0.39, 0.29) is 23.0 Å². The van der Waals surface area contributed by atoms with Crippen molar-refractivity contribution in [3.8, 4) is 0 Å². The molecular weight excluding hydrogens is 336 g/mol. The monoisotopic (exact) mass is 351 g/mol. The van der Waals surface area contributed by atoms with Crippen molar-refractivity contribution in [2.45, 2.75) is 44.3 Å². The fourth-order valence-electron chi connectivity index (χ4n) is 2.60. The van der Waals surface area contributed by atoms with Crippen LogP contribution in [0.4, 0.5) is 8.78 Å². The molecule has 0 amide bonds. The van der Waals surface area contributed by atoms with Crippen LogP contribution in [-0.4, -0.2) is 12.6 Å². The van der Waals surface area contributed by atoms with Crippen molar-refractivity contribution in [1.29, 1.82) is 0 Å². The number of nitrogens with one attached hydrogen (secondary N) is 1. The van der Waals surface area contributed by atoms with Crippen LogP contribution in [0.25, 0.3) is 0 Å². The minimum Gasteiger partial charge on any atom is -0.314 e. The second kappa shape index (κ2) is 6.06. The van der Waals surface area contributed by atoms with E-state index in [1.54, 1.807) is 6.07 Å². The summed E-state index contributed by atoms with van der Waals surface area (Å²) in [4.78, 5) is 0. The number of benzene rings is 1. The first kappa shape index (κ1) is 15.2. The molecule has 0 radical (unpaired) electrons. The fraction of sp³-hybridized carbons (Fsp3) is 0.571. The Hall–Kier alpha value is -0.190. The molecule has 2 unspecified atom stereocenters. The summed E-state index contributed by atoms with van der Waals surface area (Å²) in [5.74, 6) is -0.670. The van der Waals surface area contributed by atoms with Crippen molar-refractivity contribution in [1.82, 2.24) is 5.32 Å². The first-order chi connectivity index (χ1) is 8.92. The summed E-state index contributed by atoms with van der Waals surface area (Å²) < 4.78 is 29.4. The Kier molecular flexibility index (Phi) is 4.85. The molecular formula is C14H17BrClF2N. The molecule has 1 nitrogen and oxygen atoms in total. The van der Waals surface area contributed by atoms with E-state index >= 15 is 0 Å². The van der Waals surface area contributed by atoms with Crippen molar-refractivity contribution in [3.05, 3.63) is 33.0 Å². The maximum absolute atomic E-state index is 14.8. The van der Waals surface area contributed by atoms with Crippen LogP contribution in [-0.2, 0) is 5.67 Å². The van der Waals surface area contributed by atoms with Gasteiger partial charge in [-0.25, -0.2) is 8.78 Å². The number of halogens is 4. The molecule has 1 aromatic rings. The second-order valence-corrected chi connectivity index (χ2v) is 6.50. The summed E-state index contributed by atoms with van der Waals surface area (Å²) in [7, 11) is 0. The summed E-state index contributed by atoms with van der Waals surface area (Å²) in [6.07, 6.45) is 3.42. The van der Waals surface area contributed by atoms with E-state index in [9.17, 15) is 8.78 Å². The second-order valence-electron chi connectivity index (χ2n) is 5.27. The van der Waals surface area contributed by atoms with E-state index in [0.717, 1.165) is 25.8 Å². The maximum atomic E-state index is 14.8. The number of rotatable bonds is 3. The molecule has 1 fully saturated rings. The normalized spacial score (nSPS) is 23.1. The lowest BCUT2D eigenvalue weighted by atomic mass is 9.87. The Morgan fingerprint density at radius 1 is 1.47 bits per heavy atom. The predicted octanol–water partition coefficient (Wildman–Crippen LogP) is 4.96. The van der Waals surface area contributed by atoms with Crippen LogP contribution < -0.4 is 5.32 Å². The van der Waals surface area contributed by atoms with Gasteiger partial charge in [-0.2, -0.15) is 0 Å². The molecule has 1 heterocycles. The molecule has 2 atom stereocenters. The molecule has 2 rings (SSSR count). The maximum Gasteiger partial charge on any atom is 0.149 e. The van der Waals surface area contributed by atoms with Gasteiger partial charge < -0.3 is 5.32 Å². The quantitative estimate of drug-likeness (QED) is 0.758. The third-order valence-corrected chi connectivity index (χ3v) is 4.90. The fourth-order valence-corrected chi connectivity index (χ4v) is 3.07. The van der Waals surface area contributed by atoms with Gasteiger partial charge in [0.1, 0.15) is 11.5 Å². The van der Waals surface area contributed by atoms with Crippen LogP contribution in [0.5, 0.6) is 0 Å². The molecule has 0 aliphatic carbocycles. The Bertz CT molecular complexity index is 459. The predicted molar refractivity (Wildman–Crippen MR) is 77.8 cm³/mol. The van der Waals surface area contributed by atoms with Gasteiger partial charge in [0.15, 0.2) is 0 Å². The molecule has 1 N–H and O–H groups in total. The first-order valence-electron chi connectivity index (χ1n) is 6.48. The number of hydrogen-bond donors (Lipinski definition) is 1. The molecule has 1 aliphatic heterocycles. The van der Waals surface area contributed by atoms with Gasteiger partial charge in [-0.3, -0.25) is 0 Å². The standard InChI is InChI=1S/C14H17BrClF2N/c1-14(18,8-9-4-2-3-7-19-9)10-5-6-11(15)12(16)13(10)17/h5-6,9,19H,2-4,7-8H2,1H3. The van der Waals surface area contributed by atoms with E-state index in [1.807, 2.05) is 0 Å². The number of alkyl halides is 1. The largest absolute Gasteiger partial charge is 0.314 e. The van der Waals surface area contributed by atoms with Gasteiger partial charge in [0, 0.05) is 22.5 Å². The average molecular weight is 353 g/mol. The lowest BCUT2D eigenvalue weighted by molar-refractivity contribution is 0.141. The van der Waals surface area contributed by atoms with Gasteiger partial charge in [-0.15, -0.1) is 0 Å². The van der Waals surface area contributed by atoms with Crippen LogP contribution in [0.3, 0.4) is 0 Å². The van der Waals surface area contributed by atoms with Crippen molar-refractivity contribution < 1.29 is 8.78 Å². The molecule has 0 spiro atoms. The minimum atomic E-state index is -1.72. The summed E-state index contributed by atoms with van der Waals surface area (Å²) in [6, 6.07) is 3.16. The zero-order valence-corrected chi connectivity index (χ0v) is 13.1. The Balaban J connectivity index is 2.21. The van der Waals surface area contributed by atoms with Crippen LogP contribution in [0.1, 0.15) is 38.2 Å². The summed E-state index contributed by atoms with van der Waals surface area (Å²) in [5, 5.41) is 3.23. The third-order valence-electron chi connectivity index (χ3n) is 3.64. The average Bonchev–Trinajstić information content (AvgIpc) is 2.36. The van der Waals surface area contributed by atoms with Crippen molar-refractivity contribution >= 4 is 27.5 Å². The highest BCUT2D eigenvalue weighted by Gasteiger charge is 2.33. The van der Waals surface area contributed by atoms with Crippen LogP contribution in [0.2, 0.25) is 5.02 Å². The molecule has 1 aliphatic rings. The highest BCUT2D eigenvalue weighted by molar-refractivity contribution is 9.10. The van der Waals surface area contributed by atoms with Gasteiger partial charge in [0.05, 0.1) is 5.02 Å². The Morgan fingerprint density at radius 2 is 2.21 bits per heavy atom. The zero-order valence-electron chi connectivity index (χ0n) is 10.8. The van der Waals surface area contributed by atoms with E-state index < -0.39 is 11.5 Å². The number of piperidine rings is 1. The van der Waals surface area contributed by atoms with Crippen molar-refractivity contribution in [3.63, 3.8) is 0 Å². The molecule has 19 heavy (non-hydrogen) atoms. The van der Waals surface area contributed by atoms with Crippen LogP contribution in [0, 0.1) is 5.82 Å². The highest BCUT2D eigenvalue weighted by Crippen LogP contribution is 2.38. The van der Waals surface area contributed by atoms with Crippen LogP contribution in [0.15, 0.2) is 16.6 Å². The molecule has 5 heteroatoms. The zero-order chi connectivity index (χ0) is 14.0.